The largest absolute Gasteiger partial charge is 0.394 e. The van der Waals surface area contributed by atoms with Gasteiger partial charge < -0.3 is 15.3 Å². The predicted molar refractivity (Wildman–Crippen MR) is 71.1 cm³/mol. The number of likely N-dealkylation sites (tertiary alicyclic amines) is 1. The van der Waals surface area contributed by atoms with Crippen LogP contribution in [0.15, 0.2) is 0 Å². The van der Waals surface area contributed by atoms with Gasteiger partial charge in [-0.25, -0.2) is 0 Å². The number of piperidine rings is 1. The Balaban J connectivity index is 1.74. The Morgan fingerprint density at radius 2 is 2.12 bits per heavy atom. The van der Waals surface area contributed by atoms with E-state index < -0.39 is 0 Å². The first-order valence-electron chi connectivity index (χ1n) is 7.22. The molecule has 3 nitrogen and oxygen atoms in total. The van der Waals surface area contributed by atoms with Crippen LogP contribution in [0.1, 0.15) is 46.0 Å². The van der Waals surface area contributed by atoms with Gasteiger partial charge in [0.25, 0.3) is 0 Å². The molecule has 2 N–H and O–H groups in total. The van der Waals surface area contributed by atoms with Gasteiger partial charge >= 0.3 is 0 Å². The highest BCUT2D eigenvalue weighted by Gasteiger charge is 2.32. The predicted octanol–water partition coefficient (Wildman–Crippen LogP) is 1.61. The molecular formula is C14H28N2O. The average Bonchev–Trinajstić information content (AvgIpc) is 3.11. The summed E-state index contributed by atoms with van der Waals surface area (Å²) in [6.07, 6.45) is 6.36. The Bertz CT molecular complexity index is 242. The molecule has 0 aromatic carbocycles. The molecule has 0 aromatic heterocycles. The van der Waals surface area contributed by atoms with Crippen molar-refractivity contribution in [2.45, 2.75) is 57.5 Å². The molecule has 1 saturated carbocycles. The van der Waals surface area contributed by atoms with E-state index >= 15 is 0 Å². The van der Waals surface area contributed by atoms with Crippen molar-refractivity contribution in [2.75, 3.05) is 26.2 Å². The second-order valence-electron chi connectivity index (χ2n) is 6.44. The van der Waals surface area contributed by atoms with Crippen molar-refractivity contribution in [3.05, 3.63) is 0 Å². The number of hydrogen-bond donors (Lipinski definition) is 2. The van der Waals surface area contributed by atoms with Crippen LogP contribution in [-0.4, -0.2) is 47.8 Å². The van der Waals surface area contributed by atoms with Gasteiger partial charge in [0.05, 0.1) is 6.61 Å². The van der Waals surface area contributed by atoms with Gasteiger partial charge in [0, 0.05) is 18.1 Å². The van der Waals surface area contributed by atoms with Crippen LogP contribution in [0, 0.1) is 5.92 Å². The van der Waals surface area contributed by atoms with Crippen LogP contribution < -0.4 is 5.32 Å². The molecule has 2 rings (SSSR count). The third-order valence-corrected chi connectivity index (χ3v) is 4.20. The van der Waals surface area contributed by atoms with Crippen molar-refractivity contribution >= 4 is 0 Å². The molecule has 1 aliphatic carbocycles. The van der Waals surface area contributed by atoms with E-state index in [4.69, 9.17) is 0 Å². The maximum atomic E-state index is 9.56. The quantitative estimate of drug-likeness (QED) is 0.740. The SMILES string of the molecule is CC1CCCN(CCC(C)(CO)NC2CC2)C1. The van der Waals surface area contributed by atoms with Crippen LogP contribution in [0.2, 0.25) is 0 Å². The van der Waals surface area contributed by atoms with E-state index in [-0.39, 0.29) is 12.1 Å². The molecule has 0 aromatic rings. The molecular weight excluding hydrogens is 212 g/mol. The van der Waals surface area contributed by atoms with Crippen LogP contribution in [0.3, 0.4) is 0 Å². The number of hydrogen-bond acceptors (Lipinski definition) is 3. The number of aliphatic hydroxyl groups excluding tert-OH is 1. The van der Waals surface area contributed by atoms with E-state index in [1.165, 1.54) is 38.8 Å². The first-order chi connectivity index (χ1) is 8.11. The maximum absolute atomic E-state index is 9.56. The van der Waals surface area contributed by atoms with Crippen LogP contribution >= 0.6 is 0 Å². The molecule has 2 fully saturated rings. The fourth-order valence-electron chi connectivity index (χ4n) is 2.81. The molecule has 17 heavy (non-hydrogen) atoms. The second-order valence-corrected chi connectivity index (χ2v) is 6.44. The topological polar surface area (TPSA) is 35.5 Å². The van der Waals surface area contributed by atoms with E-state index in [0.29, 0.717) is 6.04 Å². The van der Waals surface area contributed by atoms with Crippen molar-refractivity contribution in [2.24, 2.45) is 5.92 Å². The lowest BCUT2D eigenvalue weighted by Crippen LogP contribution is -2.49. The van der Waals surface area contributed by atoms with Gasteiger partial charge in [0.15, 0.2) is 0 Å². The first-order valence-corrected chi connectivity index (χ1v) is 7.22. The lowest BCUT2D eigenvalue weighted by Gasteiger charge is -2.35. The summed E-state index contributed by atoms with van der Waals surface area (Å²) < 4.78 is 0. The van der Waals surface area contributed by atoms with Crippen molar-refractivity contribution in [3.63, 3.8) is 0 Å². The highest BCUT2D eigenvalue weighted by atomic mass is 16.3. The highest BCUT2D eigenvalue weighted by molar-refractivity contribution is 4.93. The summed E-state index contributed by atoms with van der Waals surface area (Å²) in [6.45, 7) is 8.38. The van der Waals surface area contributed by atoms with E-state index in [1.54, 1.807) is 0 Å². The Morgan fingerprint density at radius 3 is 2.71 bits per heavy atom. The second kappa shape index (κ2) is 5.68. The van der Waals surface area contributed by atoms with Gasteiger partial charge in [0.2, 0.25) is 0 Å². The Hall–Kier alpha value is -0.120. The summed E-state index contributed by atoms with van der Waals surface area (Å²) in [5.74, 6) is 0.848. The molecule has 0 amide bonds. The van der Waals surface area contributed by atoms with Crippen LogP contribution in [0.4, 0.5) is 0 Å². The maximum Gasteiger partial charge on any atom is 0.0611 e. The fourth-order valence-corrected chi connectivity index (χ4v) is 2.81. The minimum atomic E-state index is -0.0676. The number of nitrogens with zero attached hydrogens (tertiary/aromatic N) is 1. The molecule has 2 aliphatic rings. The van der Waals surface area contributed by atoms with Gasteiger partial charge in [-0.05, 0) is 58.0 Å². The summed E-state index contributed by atoms with van der Waals surface area (Å²) in [7, 11) is 0. The molecule has 1 heterocycles. The molecule has 100 valence electrons. The van der Waals surface area contributed by atoms with E-state index in [0.717, 1.165) is 18.9 Å². The summed E-state index contributed by atoms with van der Waals surface area (Å²) in [5.41, 5.74) is -0.0676. The van der Waals surface area contributed by atoms with E-state index in [9.17, 15) is 5.11 Å². The number of nitrogens with one attached hydrogen (secondary N) is 1. The summed E-state index contributed by atoms with van der Waals surface area (Å²) in [4.78, 5) is 2.57. The van der Waals surface area contributed by atoms with Gasteiger partial charge in [-0.1, -0.05) is 6.92 Å². The van der Waals surface area contributed by atoms with Crippen molar-refractivity contribution in [3.8, 4) is 0 Å². The van der Waals surface area contributed by atoms with Crippen molar-refractivity contribution < 1.29 is 5.11 Å². The van der Waals surface area contributed by atoms with Gasteiger partial charge in [-0.3, -0.25) is 0 Å². The molecule has 1 saturated heterocycles. The zero-order valence-corrected chi connectivity index (χ0v) is 11.4. The van der Waals surface area contributed by atoms with Gasteiger partial charge in [-0.15, -0.1) is 0 Å². The Labute approximate surface area is 106 Å². The Kier molecular flexibility index (Phi) is 4.45. The lowest BCUT2D eigenvalue weighted by molar-refractivity contribution is 0.125. The average molecular weight is 240 g/mol. The first kappa shape index (κ1) is 13.3. The molecule has 3 heteroatoms. The zero-order chi connectivity index (χ0) is 12.3. The third-order valence-electron chi connectivity index (χ3n) is 4.20. The highest BCUT2D eigenvalue weighted by Crippen LogP contribution is 2.24. The molecule has 2 unspecified atom stereocenters. The van der Waals surface area contributed by atoms with Crippen LogP contribution in [0.5, 0.6) is 0 Å². The minimum absolute atomic E-state index is 0.0676. The number of aliphatic hydroxyl groups is 1. The lowest BCUT2D eigenvalue weighted by atomic mass is 9.96. The van der Waals surface area contributed by atoms with E-state index in [1.807, 2.05) is 0 Å². The van der Waals surface area contributed by atoms with Gasteiger partial charge in [-0.2, -0.15) is 0 Å². The normalized spacial score (nSPS) is 30.2. The third kappa shape index (κ3) is 4.23. The van der Waals surface area contributed by atoms with Crippen LogP contribution in [0.25, 0.3) is 0 Å². The standard InChI is InChI=1S/C14H28N2O/c1-12-4-3-8-16(10-12)9-7-14(2,11-17)15-13-5-6-13/h12-13,15,17H,3-11H2,1-2H3. The minimum Gasteiger partial charge on any atom is -0.394 e. The molecule has 2 atom stereocenters. The zero-order valence-electron chi connectivity index (χ0n) is 11.4. The van der Waals surface area contributed by atoms with Gasteiger partial charge in [0.1, 0.15) is 0 Å². The molecule has 0 spiro atoms. The Morgan fingerprint density at radius 1 is 1.35 bits per heavy atom. The summed E-state index contributed by atoms with van der Waals surface area (Å²) in [5, 5.41) is 13.2. The number of rotatable bonds is 6. The smallest absolute Gasteiger partial charge is 0.0611 e. The molecule has 0 radical (unpaired) electrons. The molecule has 0 bridgehead atoms. The van der Waals surface area contributed by atoms with Crippen LogP contribution in [-0.2, 0) is 0 Å². The monoisotopic (exact) mass is 240 g/mol. The summed E-state index contributed by atoms with van der Waals surface area (Å²) in [6, 6.07) is 0.674. The molecule has 1 aliphatic heterocycles. The fraction of sp³-hybridized carbons (Fsp3) is 1.00. The van der Waals surface area contributed by atoms with Crippen molar-refractivity contribution in [1.29, 1.82) is 0 Å². The van der Waals surface area contributed by atoms with E-state index in [2.05, 4.69) is 24.1 Å². The van der Waals surface area contributed by atoms with Crippen molar-refractivity contribution in [1.82, 2.24) is 10.2 Å². The summed E-state index contributed by atoms with van der Waals surface area (Å²) >= 11 is 0.